The van der Waals surface area contributed by atoms with Crippen LogP contribution in [0.25, 0.3) is 22.4 Å². The lowest BCUT2D eigenvalue weighted by Crippen LogP contribution is -2.12. The fourth-order valence-electron chi connectivity index (χ4n) is 2.92. The zero-order valence-corrected chi connectivity index (χ0v) is 15.4. The lowest BCUT2D eigenvalue weighted by Gasteiger charge is -2.14. The number of para-hydroxylation sites is 1. The molecular formula is C16H15ClN8O2. The first kappa shape index (κ1) is 17.0. The van der Waals surface area contributed by atoms with Crippen molar-refractivity contribution in [2.75, 3.05) is 12.4 Å². The number of tetrazole rings is 1. The molecule has 0 spiro atoms. The van der Waals surface area contributed by atoms with Gasteiger partial charge in [-0.3, -0.25) is 14.6 Å². The van der Waals surface area contributed by atoms with Crippen molar-refractivity contribution < 1.29 is 4.74 Å². The zero-order chi connectivity index (χ0) is 19.1. The van der Waals surface area contributed by atoms with Crippen LogP contribution in [0.15, 0.2) is 29.1 Å². The molecule has 0 bridgehead atoms. The van der Waals surface area contributed by atoms with Crippen molar-refractivity contribution >= 4 is 34.0 Å². The monoisotopic (exact) mass is 386 g/mol. The molecule has 0 saturated heterocycles. The standard InChI is InChI=1S/C16H15ClN8O2/c1-24-15(20-22-23-24)8-5-4-6-9(13(8)27-3)18-10-7-11(17)19-14-12(10)16(26)25(2)21-14/h4-7H,1-3H3,(H2,18,19,21). The summed E-state index contributed by atoms with van der Waals surface area (Å²) in [5.41, 5.74) is 2.02. The van der Waals surface area contributed by atoms with Gasteiger partial charge in [-0.25, -0.2) is 9.67 Å². The first-order valence-electron chi connectivity index (χ1n) is 7.91. The number of benzene rings is 1. The van der Waals surface area contributed by atoms with Crippen molar-refractivity contribution in [2.45, 2.75) is 0 Å². The van der Waals surface area contributed by atoms with Crippen LogP contribution >= 0.6 is 11.6 Å². The Kier molecular flexibility index (Phi) is 4.04. The van der Waals surface area contributed by atoms with Crippen molar-refractivity contribution in [2.24, 2.45) is 14.1 Å². The van der Waals surface area contributed by atoms with Gasteiger partial charge in [0, 0.05) is 14.1 Å². The zero-order valence-electron chi connectivity index (χ0n) is 14.7. The van der Waals surface area contributed by atoms with Gasteiger partial charge in [0.1, 0.15) is 10.5 Å². The van der Waals surface area contributed by atoms with Crippen molar-refractivity contribution in [3.63, 3.8) is 0 Å². The second kappa shape index (κ2) is 6.40. The Balaban J connectivity index is 1.88. The van der Waals surface area contributed by atoms with Gasteiger partial charge >= 0.3 is 0 Å². The Morgan fingerprint density at radius 1 is 1.26 bits per heavy atom. The minimum atomic E-state index is -0.218. The van der Waals surface area contributed by atoms with E-state index in [0.717, 1.165) is 0 Å². The molecule has 10 nitrogen and oxygen atoms in total. The molecule has 4 rings (SSSR count). The average Bonchev–Trinajstić information content (AvgIpc) is 3.18. The molecule has 138 valence electrons. The van der Waals surface area contributed by atoms with Crippen LogP contribution < -0.4 is 15.6 Å². The number of rotatable bonds is 4. The fourth-order valence-corrected chi connectivity index (χ4v) is 3.11. The van der Waals surface area contributed by atoms with E-state index in [1.54, 1.807) is 32.0 Å². The van der Waals surface area contributed by atoms with E-state index in [0.29, 0.717) is 39.5 Å². The quantitative estimate of drug-likeness (QED) is 0.514. The van der Waals surface area contributed by atoms with Crippen LogP contribution in [-0.4, -0.2) is 42.1 Å². The number of methoxy groups -OCH3 is 1. The van der Waals surface area contributed by atoms with Crippen LogP contribution in [0, 0.1) is 0 Å². The highest BCUT2D eigenvalue weighted by Crippen LogP contribution is 2.37. The molecule has 0 fully saturated rings. The highest BCUT2D eigenvalue weighted by Gasteiger charge is 2.18. The van der Waals surface area contributed by atoms with Gasteiger partial charge in [0.2, 0.25) is 0 Å². The molecule has 0 atom stereocenters. The number of anilines is 2. The summed E-state index contributed by atoms with van der Waals surface area (Å²) in [4.78, 5) is 16.6. The van der Waals surface area contributed by atoms with Gasteiger partial charge in [0.25, 0.3) is 5.56 Å². The second-order valence-electron chi connectivity index (χ2n) is 5.83. The van der Waals surface area contributed by atoms with Crippen LogP contribution in [0.2, 0.25) is 5.15 Å². The number of hydrogen-bond acceptors (Lipinski definition) is 7. The molecule has 0 aliphatic rings. The van der Waals surface area contributed by atoms with E-state index in [1.165, 1.54) is 4.68 Å². The maximum Gasteiger partial charge on any atom is 0.277 e. The van der Waals surface area contributed by atoms with Crippen LogP contribution in [0.4, 0.5) is 11.4 Å². The summed E-state index contributed by atoms with van der Waals surface area (Å²) in [7, 11) is 4.91. The van der Waals surface area contributed by atoms with Gasteiger partial charge in [-0.15, -0.1) is 5.10 Å². The van der Waals surface area contributed by atoms with Crippen LogP contribution in [0.1, 0.15) is 0 Å². The van der Waals surface area contributed by atoms with Crippen LogP contribution in [-0.2, 0) is 14.1 Å². The molecule has 1 aromatic carbocycles. The number of halogens is 1. The van der Waals surface area contributed by atoms with E-state index in [2.05, 4.69) is 30.9 Å². The largest absolute Gasteiger partial charge is 0.494 e. The number of nitrogens with one attached hydrogen (secondary N) is 2. The Hall–Kier alpha value is -3.40. The minimum absolute atomic E-state index is 0.218. The summed E-state index contributed by atoms with van der Waals surface area (Å²) in [6.07, 6.45) is 0. The number of hydrogen-bond donors (Lipinski definition) is 2. The molecule has 2 N–H and O–H groups in total. The number of ether oxygens (including phenoxy) is 1. The highest BCUT2D eigenvalue weighted by molar-refractivity contribution is 6.30. The van der Waals surface area contributed by atoms with Gasteiger partial charge in [-0.05, 0) is 28.6 Å². The average molecular weight is 387 g/mol. The number of pyridine rings is 1. The van der Waals surface area contributed by atoms with Crippen molar-refractivity contribution in [1.29, 1.82) is 0 Å². The third-order valence-corrected chi connectivity index (χ3v) is 4.32. The van der Waals surface area contributed by atoms with E-state index in [-0.39, 0.29) is 10.7 Å². The third-order valence-electron chi connectivity index (χ3n) is 4.13. The Morgan fingerprint density at radius 2 is 2.07 bits per heavy atom. The molecule has 3 heterocycles. The molecule has 4 aromatic rings. The van der Waals surface area contributed by atoms with E-state index in [1.807, 2.05) is 18.2 Å². The van der Waals surface area contributed by atoms with E-state index < -0.39 is 0 Å². The predicted molar refractivity (Wildman–Crippen MR) is 100 cm³/mol. The molecule has 27 heavy (non-hydrogen) atoms. The molecule has 3 aromatic heterocycles. The summed E-state index contributed by atoms with van der Waals surface area (Å²) >= 11 is 6.12. The Bertz CT molecular complexity index is 1210. The second-order valence-corrected chi connectivity index (χ2v) is 6.22. The van der Waals surface area contributed by atoms with Crippen molar-refractivity contribution in [3.05, 3.63) is 39.8 Å². The van der Waals surface area contributed by atoms with Gasteiger partial charge in [0.15, 0.2) is 17.2 Å². The van der Waals surface area contributed by atoms with Gasteiger partial charge < -0.3 is 10.1 Å². The molecule has 0 aliphatic carbocycles. The minimum Gasteiger partial charge on any atom is -0.494 e. The van der Waals surface area contributed by atoms with Crippen LogP contribution in [0.5, 0.6) is 5.75 Å². The smallest absolute Gasteiger partial charge is 0.277 e. The molecule has 0 radical (unpaired) electrons. The summed E-state index contributed by atoms with van der Waals surface area (Å²) in [5.74, 6) is 1.08. The van der Waals surface area contributed by atoms with E-state index >= 15 is 0 Å². The molecule has 0 saturated carbocycles. The molecule has 0 aliphatic heterocycles. The summed E-state index contributed by atoms with van der Waals surface area (Å²) in [6, 6.07) is 7.10. The topological polar surface area (TPSA) is 116 Å². The lowest BCUT2D eigenvalue weighted by atomic mass is 10.1. The van der Waals surface area contributed by atoms with Crippen LogP contribution in [0.3, 0.4) is 0 Å². The third kappa shape index (κ3) is 2.79. The maximum atomic E-state index is 12.5. The van der Waals surface area contributed by atoms with Gasteiger partial charge in [0.05, 0.1) is 24.0 Å². The van der Waals surface area contributed by atoms with Gasteiger partial charge in [-0.2, -0.15) is 0 Å². The predicted octanol–water partition coefficient (Wildman–Crippen LogP) is 1.86. The number of aryl methyl sites for hydroxylation is 2. The normalized spacial score (nSPS) is 11.1. The molecule has 0 unspecified atom stereocenters. The maximum absolute atomic E-state index is 12.5. The van der Waals surface area contributed by atoms with E-state index in [4.69, 9.17) is 16.3 Å². The Labute approximate surface area is 157 Å². The lowest BCUT2D eigenvalue weighted by molar-refractivity contribution is 0.418. The molecule has 11 heteroatoms. The summed E-state index contributed by atoms with van der Waals surface area (Å²) < 4.78 is 8.49. The summed E-state index contributed by atoms with van der Waals surface area (Å²) in [5, 5.41) is 18.3. The Morgan fingerprint density at radius 3 is 2.78 bits per heavy atom. The first-order valence-corrected chi connectivity index (χ1v) is 8.29. The molecule has 0 amide bonds. The number of fused-ring (bicyclic) bond motifs is 1. The molecular weight excluding hydrogens is 372 g/mol. The SMILES string of the molecule is COc1c(Nc2cc(Cl)nc3[nH]n(C)c(=O)c23)cccc1-c1nnnn1C. The highest BCUT2D eigenvalue weighted by atomic mass is 35.5. The summed E-state index contributed by atoms with van der Waals surface area (Å²) in [6.45, 7) is 0. The number of aromatic amines is 1. The first-order chi connectivity index (χ1) is 13.0. The number of H-pyrrole nitrogens is 1. The number of nitrogens with zero attached hydrogens (tertiary/aromatic N) is 6. The number of aromatic nitrogens is 7. The van der Waals surface area contributed by atoms with E-state index in [9.17, 15) is 4.79 Å². The van der Waals surface area contributed by atoms with Crippen molar-refractivity contribution in [1.82, 2.24) is 35.0 Å². The van der Waals surface area contributed by atoms with Gasteiger partial charge in [-0.1, -0.05) is 17.7 Å². The fraction of sp³-hybridized carbons (Fsp3) is 0.188. The van der Waals surface area contributed by atoms with Crippen molar-refractivity contribution in [3.8, 4) is 17.1 Å².